The van der Waals surface area contributed by atoms with Gasteiger partial charge in [-0.3, -0.25) is 4.79 Å². The molecule has 0 saturated carbocycles. The van der Waals surface area contributed by atoms with Crippen molar-refractivity contribution in [2.24, 2.45) is 5.92 Å². The van der Waals surface area contributed by atoms with E-state index in [9.17, 15) is 19.5 Å². The van der Waals surface area contributed by atoms with Gasteiger partial charge in [0.2, 0.25) is 0 Å². The molecule has 21 heavy (non-hydrogen) atoms. The van der Waals surface area contributed by atoms with E-state index in [1.807, 2.05) is 6.92 Å². The number of Topliss-reactive ketones (excluding diaryl/α,β-unsaturated/α-hetero) is 1. The third kappa shape index (κ3) is 4.91. The first-order valence-corrected chi connectivity index (χ1v) is 6.74. The summed E-state index contributed by atoms with van der Waals surface area (Å²) in [6, 6.07) is 4.70. The van der Waals surface area contributed by atoms with Crippen LogP contribution in [0, 0.1) is 5.92 Å². The van der Waals surface area contributed by atoms with E-state index in [4.69, 9.17) is 0 Å². The number of benzene rings is 1. The predicted molar refractivity (Wildman–Crippen MR) is 76.9 cm³/mol. The van der Waals surface area contributed by atoms with E-state index < -0.39 is 18.0 Å². The van der Waals surface area contributed by atoms with Gasteiger partial charge in [-0.15, -0.1) is 0 Å². The Morgan fingerprint density at radius 2 is 1.95 bits per heavy atom. The molecule has 0 aromatic heterocycles. The maximum atomic E-state index is 11.8. The van der Waals surface area contributed by atoms with Gasteiger partial charge in [0.15, 0.2) is 5.78 Å². The molecule has 0 bridgehead atoms. The van der Waals surface area contributed by atoms with Crippen LogP contribution >= 0.6 is 0 Å². The summed E-state index contributed by atoms with van der Waals surface area (Å²) in [5.41, 5.74) is 0.882. The molecule has 2 amide bonds. The third-order valence-corrected chi connectivity index (χ3v) is 3.28. The van der Waals surface area contributed by atoms with Gasteiger partial charge < -0.3 is 20.5 Å². The molecule has 2 atom stereocenters. The number of carbonyl (C=O) groups is 3. The second kappa shape index (κ2) is 7.42. The fourth-order valence-corrected chi connectivity index (χ4v) is 1.79. The SMILES string of the molecule is CC[C@@H](C)[C@H](NC(=O)Nc1cccc(C(C)=O)c1)C(=O)[O-]. The first kappa shape index (κ1) is 16.7. The number of carboxylic acids is 1. The van der Waals surface area contributed by atoms with Crippen molar-refractivity contribution >= 4 is 23.5 Å². The zero-order valence-electron chi connectivity index (χ0n) is 12.3. The number of nitrogens with one attached hydrogen (secondary N) is 2. The van der Waals surface area contributed by atoms with Crippen LogP contribution < -0.4 is 15.7 Å². The van der Waals surface area contributed by atoms with Crippen molar-refractivity contribution in [1.82, 2.24) is 5.32 Å². The topological polar surface area (TPSA) is 98.3 Å². The minimum absolute atomic E-state index is 0.119. The summed E-state index contributed by atoms with van der Waals surface area (Å²) in [7, 11) is 0. The Balaban J connectivity index is 2.74. The highest BCUT2D eigenvalue weighted by Gasteiger charge is 2.19. The van der Waals surface area contributed by atoms with Crippen molar-refractivity contribution in [2.45, 2.75) is 33.2 Å². The Labute approximate surface area is 123 Å². The highest BCUT2D eigenvalue weighted by Crippen LogP contribution is 2.12. The second-order valence-electron chi connectivity index (χ2n) is 4.92. The molecular formula is C15H19N2O4-. The van der Waals surface area contributed by atoms with Crippen molar-refractivity contribution in [3.05, 3.63) is 29.8 Å². The quantitative estimate of drug-likeness (QED) is 0.769. The molecule has 1 aromatic carbocycles. The molecule has 0 fully saturated rings. The van der Waals surface area contributed by atoms with Crippen LogP contribution in [0.2, 0.25) is 0 Å². The minimum atomic E-state index is -1.32. The van der Waals surface area contributed by atoms with E-state index >= 15 is 0 Å². The number of carbonyl (C=O) groups excluding carboxylic acids is 3. The number of aliphatic carboxylic acids is 1. The second-order valence-corrected chi connectivity index (χ2v) is 4.92. The van der Waals surface area contributed by atoms with Crippen LogP contribution in [0.4, 0.5) is 10.5 Å². The number of ketones is 1. The van der Waals surface area contributed by atoms with Gasteiger partial charge in [-0.25, -0.2) is 4.79 Å². The average Bonchev–Trinajstić information content (AvgIpc) is 2.43. The van der Waals surface area contributed by atoms with Gasteiger partial charge in [-0.2, -0.15) is 0 Å². The lowest BCUT2D eigenvalue weighted by Crippen LogP contribution is -2.52. The molecule has 0 heterocycles. The molecule has 1 aromatic rings. The molecular weight excluding hydrogens is 272 g/mol. The summed E-state index contributed by atoms with van der Waals surface area (Å²) >= 11 is 0. The Morgan fingerprint density at radius 1 is 1.29 bits per heavy atom. The number of hydrogen-bond acceptors (Lipinski definition) is 4. The van der Waals surface area contributed by atoms with Crippen LogP contribution in [-0.4, -0.2) is 23.8 Å². The van der Waals surface area contributed by atoms with Gasteiger partial charge in [0.05, 0.1) is 12.0 Å². The number of amides is 2. The highest BCUT2D eigenvalue weighted by atomic mass is 16.4. The molecule has 114 valence electrons. The van der Waals surface area contributed by atoms with Crippen LogP contribution in [0.25, 0.3) is 0 Å². The number of rotatable bonds is 6. The van der Waals surface area contributed by atoms with Gasteiger partial charge in [0.25, 0.3) is 0 Å². The van der Waals surface area contributed by atoms with Crippen molar-refractivity contribution < 1.29 is 19.5 Å². The maximum absolute atomic E-state index is 11.8. The molecule has 0 unspecified atom stereocenters. The third-order valence-electron chi connectivity index (χ3n) is 3.28. The van der Waals surface area contributed by atoms with Crippen molar-refractivity contribution in [2.75, 3.05) is 5.32 Å². The fourth-order valence-electron chi connectivity index (χ4n) is 1.79. The van der Waals surface area contributed by atoms with Gasteiger partial charge in [0.1, 0.15) is 0 Å². The summed E-state index contributed by atoms with van der Waals surface area (Å²) in [5.74, 6) is -1.69. The molecule has 2 N–H and O–H groups in total. The lowest BCUT2D eigenvalue weighted by atomic mass is 9.99. The lowest BCUT2D eigenvalue weighted by Gasteiger charge is -2.25. The highest BCUT2D eigenvalue weighted by molar-refractivity contribution is 5.97. The van der Waals surface area contributed by atoms with Crippen molar-refractivity contribution in [3.8, 4) is 0 Å². The monoisotopic (exact) mass is 291 g/mol. The van der Waals surface area contributed by atoms with E-state index in [1.165, 1.54) is 13.0 Å². The summed E-state index contributed by atoms with van der Waals surface area (Å²) in [6.07, 6.45) is 0.596. The standard InChI is InChI=1S/C15H20N2O4/c1-4-9(2)13(14(19)20)17-15(21)16-12-7-5-6-11(8-12)10(3)18/h5-9,13H,4H2,1-3H3,(H,19,20)(H2,16,17,21)/p-1/t9-,13+/m1/s1. The van der Waals surface area contributed by atoms with Gasteiger partial charge >= 0.3 is 6.03 Å². The van der Waals surface area contributed by atoms with Crippen LogP contribution in [0.1, 0.15) is 37.6 Å². The Bertz CT molecular complexity index is 542. The molecule has 0 aliphatic carbocycles. The van der Waals surface area contributed by atoms with Crippen LogP contribution in [0.3, 0.4) is 0 Å². The molecule has 6 heteroatoms. The van der Waals surface area contributed by atoms with Gasteiger partial charge in [-0.05, 0) is 25.0 Å². The summed E-state index contributed by atoms with van der Waals surface area (Å²) in [4.78, 5) is 34.1. The first-order chi connectivity index (χ1) is 9.85. The molecule has 0 aliphatic heterocycles. The summed E-state index contributed by atoms with van der Waals surface area (Å²) in [6.45, 7) is 4.97. The average molecular weight is 291 g/mol. The van der Waals surface area contributed by atoms with E-state index in [-0.39, 0.29) is 11.7 Å². The number of hydrogen-bond donors (Lipinski definition) is 2. The van der Waals surface area contributed by atoms with E-state index in [1.54, 1.807) is 25.1 Å². The minimum Gasteiger partial charge on any atom is -0.548 e. The van der Waals surface area contributed by atoms with Gasteiger partial charge in [0, 0.05) is 11.3 Å². The van der Waals surface area contributed by atoms with Crippen LogP contribution in [0.5, 0.6) is 0 Å². The fraction of sp³-hybridized carbons (Fsp3) is 0.400. The summed E-state index contributed by atoms with van der Waals surface area (Å²) in [5, 5.41) is 15.9. The largest absolute Gasteiger partial charge is 0.548 e. The number of carboxylic acid groups (broad SMARTS) is 1. The van der Waals surface area contributed by atoms with Crippen LogP contribution in [0.15, 0.2) is 24.3 Å². The zero-order valence-corrected chi connectivity index (χ0v) is 12.3. The normalized spacial score (nSPS) is 13.1. The smallest absolute Gasteiger partial charge is 0.319 e. The first-order valence-electron chi connectivity index (χ1n) is 6.74. The molecule has 0 radical (unpaired) electrons. The Kier molecular flexibility index (Phi) is 5.90. The maximum Gasteiger partial charge on any atom is 0.319 e. The Morgan fingerprint density at radius 3 is 2.48 bits per heavy atom. The molecule has 0 spiro atoms. The molecule has 0 aliphatic rings. The Hall–Kier alpha value is -2.37. The van der Waals surface area contributed by atoms with E-state index in [0.29, 0.717) is 17.7 Å². The molecule has 0 saturated heterocycles. The zero-order chi connectivity index (χ0) is 16.0. The molecule has 1 rings (SSSR count). The number of urea groups is 1. The molecule has 6 nitrogen and oxygen atoms in total. The van der Waals surface area contributed by atoms with Crippen molar-refractivity contribution in [1.29, 1.82) is 0 Å². The predicted octanol–water partition coefficient (Wildman–Crippen LogP) is 1.18. The lowest BCUT2D eigenvalue weighted by molar-refractivity contribution is -0.309. The van der Waals surface area contributed by atoms with Crippen LogP contribution in [-0.2, 0) is 4.79 Å². The van der Waals surface area contributed by atoms with Crippen molar-refractivity contribution in [3.63, 3.8) is 0 Å². The van der Waals surface area contributed by atoms with E-state index in [0.717, 1.165) is 0 Å². The van der Waals surface area contributed by atoms with Gasteiger partial charge in [-0.1, -0.05) is 32.4 Å². The number of anilines is 1. The van der Waals surface area contributed by atoms with E-state index in [2.05, 4.69) is 10.6 Å². The summed E-state index contributed by atoms with van der Waals surface area (Å²) < 4.78 is 0.